The zero-order valence-corrected chi connectivity index (χ0v) is 22.7. The molecular formula is C27H29ClN2O7S. The molecule has 1 amide bonds. The molecule has 0 spiro atoms. The number of hydrogen-bond acceptors (Lipinski definition) is 8. The summed E-state index contributed by atoms with van der Waals surface area (Å²) in [5.41, 5.74) is 1.60. The summed E-state index contributed by atoms with van der Waals surface area (Å²) in [5.74, 6) is -0.494. The Kier molecular flexibility index (Phi) is 10.5. The highest BCUT2D eigenvalue weighted by molar-refractivity contribution is 7.89. The molecule has 1 heterocycles. The third-order valence-corrected chi connectivity index (χ3v) is 7.48. The maximum absolute atomic E-state index is 13.5. The number of ether oxygens (including phenoxy) is 3. The molecule has 0 aliphatic carbocycles. The number of pyridine rings is 1. The molecule has 1 atom stereocenters. The second-order valence-electron chi connectivity index (χ2n) is 8.11. The topological polar surface area (TPSA) is 112 Å². The maximum Gasteiger partial charge on any atom is 0.423 e. The fourth-order valence-corrected chi connectivity index (χ4v) is 5.16. The minimum absolute atomic E-state index is 0.00520. The number of esters is 1. The highest BCUT2D eigenvalue weighted by atomic mass is 35.5. The second-order valence-corrected chi connectivity index (χ2v) is 10.4. The summed E-state index contributed by atoms with van der Waals surface area (Å²) < 4.78 is 43.3. The van der Waals surface area contributed by atoms with Gasteiger partial charge in [0.05, 0.1) is 18.1 Å². The van der Waals surface area contributed by atoms with E-state index < -0.39 is 28.0 Å². The number of rotatable bonds is 12. The first-order valence-corrected chi connectivity index (χ1v) is 13.8. The molecule has 11 heteroatoms. The molecule has 0 fully saturated rings. The van der Waals surface area contributed by atoms with Crippen LogP contribution in [0.5, 0.6) is 5.75 Å². The summed E-state index contributed by atoms with van der Waals surface area (Å²) >= 11 is 5.93. The standard InChI is InChI=1S/C27H29ClN2O7S/c1-3-35-26(31)19-37-24-11-7-21(8-12-24)22(16-20-6-5-15-29-17-20)18-30(27(32)36-4-2)38(33,34)25-13-9-23(28)10-14-25/h5-15,17,22H,3-4,16,18-19H2,1-2H3. The molecule has 1 unspecified atom stereocenters. The van der Waals surface area contributed by atoms with Gasteiger partial charge >= 0.3 is 12.1 Å². The lowest BCUT2D eigenvalue weighted by atomic mass is 9.92. The second kappa shape index (κ2) is 13.8. The van der Waals surface area contributed by atoms with Crippen LogP contribution in [-0.4, -0.2) is 56.1 Å². The summed E-state index contributed by atoms with van der Waals surface area (Å²) in [6.45, 7) is 3.15. The van der Waals surface area contributed by atoms with Gasteiger partial charge in [-0.2, -0.15) is 4.31 Å². The molecule has 0 aliphatic rings. The average Bonchev–Trinajstić information content (AvgIpc) is 2.91. The number of halogens is 1. The van der Waals surface area contributed by atoms with Gasteiger partial charge in [-0.1, -0.05) is 29.8 Å². The highest BCUT2D eigenvalue weighted by Gasteiger charge is 2.33. The fraction of sp³-hybridized carbons (Fsp3) is 0.296. The summed E-state index contributed by atoms with van der Waals surface area (Å²) in [7, 11) is -4.26. The van der Waals surface area contributed by atoms with Crippen molar-refractivity contribution >= 4 is 33.7 Å². The molecule has 0 N–H and O–H groups in total. The number of benzene rings is 2. The van der Waals surface area contributed by atoms with Crippen LogP contribution < -0.4 is 4.74 Å². The Morgan fingerprint density at radius 2 is 1.66 bits per heavy atom. The summed E-state index contributed by atoms with van der Waals surface area (Å²) in [4.78, 5) is 28.6. The van der Waals surface area contributed by atoms with Gasteiger partial charge in [-0.3, -0.25) is 4.98 Å². The Morgan fingerprint density at radius 3 is 2.26 bits per heavy atom. The number of aromatic nitrogens is 1. The van der Waals surface area contributed by atoms with Gasteiger partial charge in [0, 0.05) is 29.9 Å². The predicted molar refractivity (Wildman–Crippen MR) is 142 cm³/mol. The zero-order chi connectivity index (χ0) is 27.5. The Hall–Kier alpha value is -3.63. The lowest BCUT2D eigenvalue weighted by Crippen LogP contribution is -2.40. The molecule has 2 aromatic carbocycles. The summed E-state index contributed by atoms with van der Waals surface area (Å²) in [6.07, 6.45) is 2.74. The van der Waals surface area contributed by atoms with Crippen LogP contribution in [-0.2, 0) is 30.7 Å². The van der Waals surface area contributed by atoms with Gasteiger partial charge in [0.15, 0.2) is 6.61 Å². The quantitative estimate of drug-likeness (QED) is 0.289. The highest BCUT2D eigenvalue weighted by Crippen LogP contribution is 2.28. The lowest BCUT2D eigenvalue weighted by Gasteiger charge is -2.27. The molecule has 1 aromatic heterocycles. The average molecular weight is 561 g/mol. The van der Waals surface area contributed by atoms with E-state index in [2.05, 4.69) is 4.98 Å². The Morgan fingerprint density at radius 1 is 0.974 bits per heavy atom. The van der Waals surface area contributed by atoms with Crippen molar-refractivity contribution in [2.75, 3.05) is 26.4 Å². The Bertz CT molecular complexity index is 1300. The van der Waals surface area contributed by atoms with E-state index in [4.69, 9.17) is 25.8 Å². The van der Waals surface area contributed by atoms with Crippen molar-refractivity contribution in [3.8, 4) is 5.75 Å². The first kappa shape index (κ1) is 28.9. The fourth-order valence-electron chi connectivity index (χ4n) is 3.67. The number of nitrogens with zero attached hydrogens (tertiary/aromatic N) is 2. The number of amides is 1. The third-order valence-electron chi connectivity index (χ3n) is 5.48. The summed E-state index contributed by atoms with van der Waals surface area (Å²) in [6, 6.07) is 16.1. The molecule has 9 nitrogen and oxygen atoms in total. The van der Waals surface area contributed by atoms with Crippen LogP contribution in [0.2, 0.25) is 5.02 Å². The van der Waals surface area contributed by atoms with E-state index in [1.807, 2.05) is 6.07 Å². The molecule has 38 heavy (non-hydrogen) atoms. The molecule has 0 radical (unpaired) electrons. The van der Waals surface area contributed by atoms with E-state index in [1.54, 1.807) is 56.6 Å². The smallest absolute Gasteiger partial charge is 0.423 e. The van der Waals surface area contributed by atoms with E-state index in [-0.39, 0.29) is 31.3 Å². The van der Waals surface area contributed by atoms with E-state index in [9.17, 15) is 18.0 Å². The molecule has 0 bridgehead atoms. The largest absolute Gasteiger partial charge is 0.482 e. The number of sulfonamides is 1. The van der Waals surface area contributed by atoms with Crippen LogP contribution in [0.25, 0.3) is 0 Å². The lowest BCUT2D eigenvalue weighted by molar-refractivity contribution is -0.145. The van der Waals surface area contributed by atoms with Crippen LogP contribution in [0.1, 0.15) is 30.9 Å². The zero-order valence-electron chi connectivity index (χ0n) is 21.1. The third kappa shape index (κ3) is 7.93. The normalized spacial score (nSPS) is 11.9. The van der Waals surface area contributed by atoms with Crippen molar-refractivity contribution < 1.29 is 32.2 Å². The first-order chi connectivity index (χ1) is 18.2. The van der Waals surface area contributed by atoms with Crippen LogP contribution >= 0.6 is 11.6 Å². The van der Waals surface area contributed by atoms with Gasteiger partial charge in [-0.15, -0.1) is 0 Å². The summed E-state index contributed by atoms with van der Waals surface area (Å²) in [5, 5.41) is 0.367. The molecule has 3 rings (SSSR count). The van der Waals surface area contributed by atoms with Gasteiger partial charge in [-0.25, -0.2) is 18.0 Å². The first-order valence-electron chi connectivity index (χ1n) is 12.0. The SMILES string of the molecule is CCOC(=O)COc1ccc(C(Cc2cccnc2)CN(C(=O)OCC)S(=O)(=O)c2ccc(Cl)cc2)cc1. The van der Waals surface area contributed by atoms with E-state index >= 15 is 0 Å². The minimum atomic E-state index is -4.26. The number of carbonyl (C=O) groups is 2. The van der Waals surface area contributed by atoms with Gasteiger partial charge in [0.25, 0.3) is 10.0 Å². The van der Waals surface area contributed by atoms with Crippen molar-refractivity contribution in [1.82, 2.24) is 9.29 Å². The van der Waals surface area contributed by atoms with Gasteiger partial charge < -0.3 is 14.2 Å². The minimum Gasteiger partial charge on any atom is -0.482 e. The number of hydrogen-bond donors (Lipinski definition) is 0. The Balaban J connectivity index is 1.93. The molecule has 3 aromatic rings. The molecule has 0 saturated carbocycles. The van der Waals surface area contributed by atoms with E-state index in [0.717, 1.165) is 15.4 Å². The van der Waals surface area contributed by atoms with Crippen LogP contribution in [0, 0.1) is 0 Å². The van der Waals surface area contributed by atoms with Gasteiger partial charge in [0.1, 0.15) is 5.75 Å². The molecule has 202 valence electrons. The van der Waals surface area contributed by atoms with Crippen molar-refractivity contribution in [2.24, 2.45) is 0 Å². The van der Waals surface area contributed by atoms with Gasteiger partial charge in [0.2, 0.25) is 0 Å². The van der Waals surface area contributed by atoms with Crippen LogP contribution in [0.15, 0.2) is 78.0 Å². The monoisotopic (exact) mass is 560 g/mol. The van der Waals surface area contributed by atoms with Crippen molar-refractivity contribution in [3.05, 3.63) is 89.2 Å². The van der Waals surface area contributed by atoms with E-state index in [1.165, 1.54) is 24.3 Å². The molecule has 0 aliphatic heterocycles. The maximum atomic E-state index is 13.5. The van der Waals surface area contributed by atoms with Crippen molar-refractivity contribution in [1.29, 1.82) is 0 Å². The van der Waals surface area contributed by atoms with Crippen LogP contribution in [0.4, 0.5) is 4.79 Å². The predicted octanol–water partition coefficient (Wildman–Crippen LogP) is 4.85. The van der Waals surface area contributed by atoms with Gasteiger partial charge in [-0.05, 0) is 73.9 Å². The van der Waals surface area contributed by atoms with Crippen molar-refractivity contribution in [3.63, 3.8) is 0 Å². The van der Waals surface area contributed by atoms with Crippen molar-refractivity contribution in [2.45, 2.75) is 31.1 Å². The molecular weight excluding hydrogens is 532 g/mol. The molecule has 0 saturated heterocycles. The number of carbonyl (C=O) groups excluding carboxylic acids is 2. The Labute approximate surface area is 227 Å². The van der Waals surface area contributed by atoms with Crippen LogP contribution in [0.3, 0.4) is 0 Å². The van der Waals surface area contributed by atoms with E-state index in [0.29, 0.717) is 17.2 Å².